The van der Waals surface area contributed by atoms with Crippen molar-refractivity contribution in [2.24, 2.45) is 0 Å². The second kappa shape index (κ2) is 7.59. The number of aromatic nitrogens is 3. The first-order chi connectivity index (χ1) is 13.2. The first kappa shape index (κ1) is 17.2. The summed E-state index contributed by atoms with van der Waals surface area (Å²) in [5.74, 6) is 1.46. The van der Waals surface area contributed by atoms with Gasteiger partial charge in [-0.2, -0.15) is 16.4 Å². The fraction of sp³-hybridized carbons (Fsp3) is 0.150. The van der Waals surface area contributed by atoms with Crippen molar-refractivity contribution < 1.29 is 9.47 Å². The molecule has 0 amide bonds. The summed E-state index contributed by atoms with van der Waals surface area (Å²) in [6.45, 7) is 0.682. The van der Waals surface area contributed by atoms with Crippen LogP contribution in [0.25, 0.3) is 22.2 Å². The maximum Gasteiger partial charge on any atom is 0.266 e. The van der Waals surface area contributed by atoms with Crippen LogP contribution in [0.4, 0.5) is 0 Å². The van der Waals surface area contributed by atoms with Crippen molar-refractivity contribution in [3.05, 3.63) is 69.8 Å². The molecule has 0 spiro atoms. The van der Waals surface area contributed by atoms with E-state index in [4.69, 9.17) is 9.47 Å². The SMILES string of the molecule is COc1ccc2c(OCCn3nc(-c4ccsc4)ccc3=O)ccnc2c1. The zero-order valence-electron chi connectivity index (χ0n) is 14.7. The van der Waals surface area contributed by atoms with Crippen LogP contribution in [-0.2, 0) is 6.54 Å². The molecule has 136 valence electrons. The van der Waals surface area contributed by atoms with Gasteiger partial charge < -0.3 is 9.47 Å². The van der Waals surface area contributed by atoms with Crippen LogP contribution >= 0.6 is 11.3 Å². The molecule has 3 aromatic heterocycles. The van der Waals surface area contributed by atoms with Gasteiger partial charge in [0.25, 0.3) is 5.56 Å². The number of methoxy groups -OCH3 is 1. The monoisotopic (exact) mass is 379 g/mol. The molecular weight excluding hydrogens is 362 g/mol. The van der Waals surface area contributed by atoms with Gasteiger partial charge >= 0.3 is 0 Å². The van der Waals surface area contributed by atoms with Crippen molar-refractivity contribution in [3.8, 4) is 22.8 Å². The van der Waals surface area contributed by atoms with Gasteiger partial charge in [-0.25, -0.2) is 4.68 Å². The van der Waals surface area contributed by atoms with Crippen LogP contribution in [0.5, 0.6) is 11.5 Å². The van der Waals surface area contributed by atoms with Crippen LogP contribution < -0.4 is 15.0 Å². The molecule has 0 unspecified atom stereocenters. The van der Waals surface area contributed by atoms with E-state index in [2.05, 4.69) is 10.1 Å². The first-order valence-corrected chi connectivity index (χ1v) is 9.35. The van der Waals surface area contributed by atoms with E-state index in [0.29, 0.717) is 18.9 Å². The van der Waals surface area contributed by atoms with Crippen LogP contribution in [0.15, 0.2) is 64.2 Å². The Hall–Kier alpha value is -3.19. The summed E-state index contributed by atoms with van der Waals surface area (Å²) in [7, 11) is 1.62. The zero-order chi connectivity index (χ0) is 18.6. The Bertz CT molecular complexity index is 1120. The number of rotatable bonds is 6. The van der Waals surface area contributed by atoms with Gasteiger partial charge in [0.2, 0.25) is 0 Å². The van der Waals surface area contributed by atoms with E-state index in [-0.39, 0.29) is 5.56 Å². The molecule has 4 aromatic rings. The van der Waals surface area contributed by atoms with E-state index in [9.17, 15) is 4.79 Å². The van der Waals surface area contributed by atoms with Gasteiger partial charge in [0.15, 0.2) is 0 Å². The van der Waals surface area contributed by atoms with Crippen molar-refractivity contribution in [1.82, 2.24) is 14.8 Å². The number of hydrogen-bond donors (Lipinski definition) is 0. The smallest absolute Gasteiger partial charge is 0.266 e. The molecule has 0 fully saturated rings. The van der Waals surface area contributed by atoms with Crippen molar-refractivity contribution in [2.75, 3.05) is 13.7 Å². The molecule has 7 heteroatoms. The third kappa shape index (κ3) is 3.68. The average molecular weight is 379 g/mol. The lowest BCUT2D eigenvalue weighted by molar-refractivity contribution is 0.291. The van der Waals surface area contributed by atoms with Gasteiger partial charge in [-0.1, -0.05) is 0 Å². The van der Waals surface area contributed by atoms with Gasteiger partial charge in [0, 0.05) is 34.7 Å². The summed E-state index contributed by atoms with van der Waals surface area (Å²) in [5, 5.41) is 9.32. The number of hydrogen-bond acceptors (Lipinski definition) is 6. The quantitative estimate of drug-likeness (QED) is 0.512. The van der Waals surface area contributed by atoms with Gasteiger partial charge in [-0.3, -0.25) is 9.78 Å². The summed E-state index contributed by atoms with van der Waals surface area (Å²) < 4.78 is 12.6. The average Bonchev–Trinajstić information content (AvgIpc) is 3.24. The van der Waals surface area contributed by atoms with Crippen molar-refractivity contribution >= 4 is 22.2 Å². The second-order valence-electron chi connectivity index (χ2n) is 5.83. The Kier molecular flexibility index (Phi) is 4.84. The number of benzene rings is 1. The summed E-state index contributed by atoms with van der Waals surface area (Å²) in [5.41, 5.74) is 2.42. The van der Waals surface area contributed by atoms with E-state index in [1.165, 1.54) is 10.7 Å². The molecule has 1 aromatic carbocycles. The molecule has 0 saturated heterocycles. The van der Waals surface area contributed by atoms with Gasteiger partial charge in [-0.05, 0) is 35.7 Å². The minimum Gasteiger partial charge on any atom is -0.497 e. The maximum absolute atomic E-state index is 12.1. The van der Waals surface area contributed by atoms with Gasteiger partial charge in [-0.15, -0.1) is 0 Å². The van der Waals surface area contributed by atoms with Crippen LogP contribution in [0.3, 0.4) is 0 Å². The molecule has 0 aliphatic heterocycles. The molecule has 0 aliphatic carbocycles. The first-order valence-electron chi connectivity index (χ1n) is 8.41. The minimum atomic E-state index is -0.151. The highest BCUT2D eigenvalue weighted by atomic mass is 32.1. The highest BCUT2D eigenvalue weighted by molar-refractivity contribution is 7.08. The predicted molar refractivity (Wildman–Crippen MR) is 106 cm³/mol. The summed E-state index contributed by atoms with van der Waals surface area (Å²) >= 11 is 1.60. The summed E-state index contributed by atoms with van der Waals surface area (Å²) in [4.78, 5) is 16.4. The standard InChI is InChI=1S/C20H17N3O3S/c1-25-15-2-3-16-18(12-15)21-8-6-19(16)26-10-9-23-20(24)5-4-17(22-23)14-7-11-27-13-14/h2-8,11-13H,9-10H2,1H3. The third-order valence-electron chi connectivity index (χ3n) is 4.15. The highest BCUT2D eigenvalue weighted by Crippen LogP contribution is 2.27. The molecule has 0 radical (unpaired) electrons. The van der Waals surface area contributed by atoms with E-state index in [1.807, 2.05) is 41.1 Å². The van der Waals surface area contributed by atoms with Crippen molar-refractivity contribution in [3.63, 3.8) is 0 Å². The Morgan fingerprint density at radius 3 is 2.89 bits per heavy atom. The molecule has 4 rings (SSSR count). The molecule has 0 saturated carbocycles. The number of pyridine rings is 1. The molecular formula is C20H17N3O3S. The Morgan fingerprint density at radius 2 is 2.07 bits per heavy atom. The van der Waals surface area contributed by atoms with Crippen molar-refractivity contribution in [2.45, 2.75) is 6.54 Å². The van der Waals surface area contributed by atoms with Crippen LogP contribution in [-0.4, -0.2) is 28.5 Å². The maximum atomic E-state index is 12.1. The largest absolute Gasteiger partial charge is 0.497 e. The Balaban J connectivity index is 1.51. The number of nitrogens with zero attached hydrogens (tertiary/aromatic N) is 3. The molecule has 0 bridgehead atoms. The molecule has 0 atom stereocenters. The fourth-order valence-electron chi connectivity index (χ4n) is 2.77. The van der Waals surface area contributed by atoms with Gasteiger partial charge in [0.05, 0.1) is 24.9 Å². The molecule has 6 nitrogen and oxygen atoms in total. The van der Waals surface area contributed by atoms with E-state index in [1.54, 1.807) is 30.7 Å². The molecule has 27 heavy (non-hydrogen) atoms. The number of fused-ring (bicyclic) bond motifs is 1. The highest BCUT2D eigenvalue weighted by Gasteiger charge is 2.07. The topological polar surface area (TPSA) is 66.2 Å². The molecule has 0 aliphatic rings. The van der Waals surface area contributed by atoms with Gasteiger partial charge in [0.1, 0.15) is 18.1 Å². The van der Waals surface area contributed by atoms with Crippen LogP contribution in [0, 0.1) is 0 Å². The minimum absolute atomic E-state index is 0.151. The lowest BCUT2D eigenvalue weighted by atomic mass is 10.2. The second-order valence-corrected chi connectivity index (χ2v) is 6.61. The van der Waals surface area contributed by atoms with E-state index in [0.717, 1.165) is 27.9 Å². The van der Waals surface area contributed by atoms with Crippen molar-refractivity contribution in [1.29, 1.82) is 0 Å². The van der Waals surface area contributed by atoms with E-state index < -0.39 is 0 Å². The third-order valence-corrected chi connectivity index (χ3v) is 4.84. The molecule has 0 N–H and O–H groups in total. The van der Waals surface area contributed by atoms with E-state index >= 15 is 0 Å². The number of ether oxygens (including phenoxy) is 2. The summed E-state index contributed by atoms with van der Waals surface area (Å²) in [6.07, 6.45) is 1.69. The van der Waals surface area contributed by atoms with Crippen LogP contribution in [0.2, 0.25) is 0 Å². The lowest BCUT2D eigenvalue weighted by Crippen LogP contribution is -2.25. The Labute approximate surface area is 159 Å². The normalized spacial score (nSPS) is 10.9. The number of thiophene rings is 1. The lowest BCUT2D eigenvalue weighted by Gasteiger charge is -2.11. The summed E-state index contributed by atoms with van der Waals surface area (Å²) in [6, 6.07) is 12.7. The molecule has 3 heterocycles. The Morgan fingerprint density at radius 1 is 1.15 bits per heavy atom. The fourth-order valence-corrected chi connectivity index (χ4v) is 3.42. The predicted octanol–water partition coefficient (Wildman–Crippen LogP) is 3.61. The zero-order valence-corrected chi connectivity index (χ0v) is 15.5. The van der Waals surface area contributed by atoms with Crippen LogP contribution in [0.1, 0.15) is 0 Å².